The van der Waals surface area contributed by atoms with Crippen molar-refractivity contribution < 1.29 is 9.13 Å². The summed E-state index contributed by atoms with van der Waals surface area (Å²) in [6.07, 6.45) is 1.71. The Morgan fingerprint density at radius 1 is 1.50 bits per heavy atom. The zero-order valence-electron chi connectivity index (χ0n) is 11.4. The molecule has 4 heteroatoms. The Balaban J connectivity index is 2.88. The quantitative estimate of drug-likeness (QED) is 0.866. The smallest absolute Gasteiger partial charge is 0.137 e. The summed E-state index contributed by atoms with van der Waals surface area (Å²) in [5.41, 5.74) is 0.856. The zero-order chi connectivity index (χ0) is 13.8. The molecule has 0 radical (unpaired) electrons. The molecule has 18 heavy (non-hydrogen) atoms. The summed E-state index contributed by atoms with van der Waals surface area (Å²) in [5.74, 6) is -0.232. The molecule has 0 saturated carbocycles. The molecule has 1 aromatic rings. The highest BCUT2D eigenvalue weighted by Gasteiger charge is 2.31. The van der Waals surface area contributed by atoms with Crippen LogP contribution in [0.1, 0.15) is 25.8 Å². The van der Waals surface area contributed by atoms with Gasteiger partial charge in [-0.2, -0.15) is 0 Å². The molecule has 102 valence electrons. The number of hydrogen-bond acceptors (Lipinski definition) is 2. The van der Waals surface area contributed by atoms with Gasteiger partial charge >= 0.3 is 0 Å². The van der Waals surface area contributed by atoms with E-state index in [-0.39, 0.29) is 17.5 Å². The first-order chi connectivity index (χ1) is 8.46. The van der Waals surface area contributed by atoms with Gasteiger partial charge in [-0.3, -0.25) is 0 Å². The van der Waals surface area contributed by atoms with Crippen LogP contribution < -0.4 is 5.32 Å². The van der Waals surface area contributed by atoms with Crippen LogP contribution in [0.2, 0.25) is 0 Å². The van der Waals surface area contributed by atoms with Gasteiger partial charge in [-0.1, -0.05) is 13.0 Å². The minimum Gasteiger partial charge on any atom is -0.377 e. The van der Waals surface area contributed by atoms with Crippen LogP contribution in [-0.4, -0.2) is 25.8 Å². The van der Waals surface area contributed by atoms with E-state index in [1.807, 2.05) is 19.2 Å². The summed E-state index contributed by atoms with van der Waals surface area (Å²) in [6.45, 7) is 4.20. The third-order valence-electron chi connectivity index (χ3n) is 3.68. The predicted molar refractivity (Wildman–Crippen MR) is 76.4 cm³/mol. The van der Waals surface area contributed by atoms with Crippen LogP contribution in [0.3, 0.4) is 0 Å². The monoisotopic (exact) mass is 317 g/mol. The first kappa shape index (κ1) is 15.6. The number of nitrogens with one attached hydrogen (secondary N) is 1. The summed E-state index contributed by atoms with van der Waals surface area (Å²) in [5, 5.41) is 3.29. The van der Waals surface area contributed by atoms with Crippen molar-refractivity contribution in [3.05, 3.63) is 34.1 Å². The van der Waals surface area contributed by atoms with Crippen LogP contribution in [0.4, 0.5) is 4.39 Å². The van der Waals surface area contributed by atoms with Crippen molar-refractivity contribution in [1.29, 1.82) is 0 Å². The summed E-state index contributed by atoms with van der Waals surface area (Å²) >= 11 is 3.22. The molecule has 1 rings (SSSR count). The molecule has 0 heterocycles. The van der Waals surface area contributed by atoms with Gasteiger partial charge in [0, 0.05) is 13.2 Å². The number of rotatable bonds is 6. The molecule has 2 nitrogen and oxygen atoms in total. The van der Waals surface area contributed by atoms with Crippen molar-refractivity contribution in [2.45, 2.75) is 38.3 Å². The van der Waals surface area contributed by atoms with E-state index in [0.29, 0.717) is 4.47 Å². The van der Waals surface area contributed by atoms with Crippen molar-refractivity contribution in [3.63, 3.8) is 0 Å². The molecule has 0 bridgehead atoms. The van der Waals surface area contributed by atoms with E-state index >= 15 is 0 Å². The Bertz CT molecular complexity index is 393. The molecule has 0 aliphatic rings. The van der Waals surface area contributed by atoms with Crippen LogP contribution in [-0.2, 0) is 11.2 Å². The first-order valence-electron chi connectivity index (χ1n) is 6.13. The molecule has 0 fully saturated rings. The first-order valence-corrected chi connectivity index (χ1v) is 6.92. The van der Waals surface area contributed by atoms with Crippen LogP contribution in [0.15, 0.2) is 22.7 Å². The maximum atomic E-state index is 13.2. The fourth-order valence-corrected chi connectivity index (χ4v) is 2.48. The van der Waals surface area contributed by atoms with Crippen LogP contribution in [0.5, 0.6) is 0 Å². The summed E-state index contributed by atoms with van der Waals surface area (Å²) in [4.78, 5) is 0. The Morgan fingerprint density at radius 2 is 2.17 bits per heavy atom. The minimum absolute atomic E-state index is 0.185. The Morgan fingerprint density at radius 3 is 2.61 bits per heavy atom. The standard InChI is InChI=1S/C14H21BrFNO/c1-5-14(2,18-4)13(17-3)9-10-6-7-12(16)11(15)8-10/h6-8,13,17H,5,9H2,1-4H3. The van der Waals surface area contributed by atoms with Gasteiger partial charge < -0.3 is 10.1 Å². The second-order valence-corrected chi connectivity index (χ2v) is 5.52. The summed E-state index contributed by atoms with van der Waals surface area (Å²) in [7, 11) is 3.66. The van der Waals surface area contributed by atoms with E-state index in [1.165, 1.54) is 6.07 Å². The molecule has 0 aliphatic carbocycles. The molecule has 2 atom stereocenters. The lowest BCUT2D eigenvalue weighted by Crippen LogP contribution is -2.49. The van der Waals surface area contributed by atoms with E-state index in [9.17, 15) is 4.39 Å². The molecular weight excluding hydrogens is 297 g/mol. The van der Waals surface area contributed by atoms with E-state index in [4.69, 9.17) is 4.74 Å². The van der Waals surface area contributed by atoms with Crippen molar-refractivity contribution in [1.82, 2.24) is 5.32 Å². The number of benzene rings is 1. The van der Waals surface area contributed by atoms with Gasteiger partial charge in [-0.25, -0.2) is 4.39 Å². The maximum absolute atomic E-state index is 13.2. The average molecular weight is 318 g/mol. The number of methoxy groups -OCH3 is 1. The Labute approximate surface area is 117 Å². The molecule has 0 aromatic heterocycles. The number of ether oxygens (including phenoxy) is 1. The molecule has 2 unspecified atom stereocenters. The van der Waals surface area contributed by atoms with E-state index in [0.717, 1.165) is 18.4 Å². The molecule has 1 N–H and O–H groups in total. The minimum atomic E-state index is -0.232. The Kier molecular flexibility index (Phi) is 5.76. The van der Waals surface area contributed by atoms with Crippen molar-refractivity contribution in [3.8, 4) is 0 Å². The highest BCUT2D eigenvalue weighted by molar-refractivity contribution is 9.10. The highest BCUT2D eigenvalue weighted by atomic mass is 79.9. The van der Waals surface area contributed by atoms with Gasteiger partial charge in [0.1, 0.15) is 5.82 Å². The third-order valence-corrected chi connectivity index (χ3v) is 4.29. The second kappa shape index (κ2) is 6.64. The van der Waals surface area contributed by atoms with Crippen LogP contribution >= 0.6 is 15.9 Å². The highest BCUT2D eigenvalue weighted by Crippen LogP contribution is 2.24. The normalized spacial score (nSPS) is 16.3. The lowest BCUT2D eigenvalue weighted by molar-refractivity contribution is -0.0268. The SMILES string of the molecule is CCC(C)(OC)C(Cc1ccc(F)c(Br)c1)NC. The Hall–Kier alpha value is -0.450. The van der Waals surface area contributed by atoms with Crippen LogP contribution in [0, 0.1) is 5.82 Å². The lowest BCUT2D eigenvalue weighted by Gasteiger charge is -2.35. The molecule has 0 aliphatic heterocycles. The van der Waals surface area contributed by atoms with Crippen LogP contribution in [0.25, 0.3) is 0 Å². The van der Waals surface area contributed by atoms with Gasteiger partial charge in [0.15, 0.2) is 0 Å². The lowest BCUT2D eigenvalue weighted by atomic mass is 9.88. The average Bonchev–Trinajstić information content (AvgIpc) is 2.39. The van der Waals surface area contributed by atoms with Gasteiger partial charge in [0.2, 0.25) is 0 Å². The van der Waals surface area contributed by atoms with E-state index < -0.39 is 0 Å². The molecule has 1 aromatic carbocycles. The second-order valence-electron chi connectivity index (χ2n) is 4.66. The fourth-order valence-electron chi connectivity index (χ4n) is 2.06. The fraction of sp³-hybridized carbons (Fsp3) is 0.571. The number of halogens is 2. The van der Waals surface area contributed by atoms with Crippen molar-refractivity contribution >= 4 is 15.9 Å². The maximum Gasteiger partial charge on any atom is 0.137 e. The van der Waals surface area contributed by atoms with Crippen molar-refractivity contribution in [2.24, 2.45) is 0 Å². The molecular formula is C14H21BrFNO. The zero-order valence-corrected chi connectivity index (χ0v) is 13.0. The number of hydrogen-bond donors (Lipinski definition) is 1. The van der Waals surface area contributed by atoms with Crippen molar-refractivity contribution in [2.75, 3.05) is 14.2 Å². The predicted octanol–water partition coefficient (Wildman–Crippen LogP) is 3.53. The molecule has 0 amide bonds. The van der Waals surface area contributed by atoms with Gasteiger partial charge in [-0.15, -0.1) is 0 Å². The summed E-state index contributed by atoms with van der Waals surface area (Å²) < 4.78 is 19.3. The third kappa shape index (κ3) is 3.53. The van der Waals surface area contributed by atoms with Gasteiger partial charge in [0.05, 0.1) is 10.1 Å². The summed E-state index contributed by atoms with van der Waals surface area (Å²) in [6, 6.07) is 5.31. The van der Waals surface area contributed by atoms with E-state index in [1.54, 1.807) is 7.11 Å². The molecule has 0 saturated heterocycles. The van der Waals surface area contributed by atoms with E-state index in [2.05, 4.69) is 35.1 Å². The number of likely N-dealkylation sites (N-methyl/N-ethyl adjacent to an activating group) is 1. The topological polar surface area (TPSA) is 21.3 Å². The largest absolute Gasteiger partial charge is 0.377 e. The van der Waals surface area contributed by atoms with Gasteiger partial charge in [0.25, 0.3) is 0 Å². The van der Waals surface area contributed by atoms with Gasteiger partial charge in [-0.05, 0) is 60.4 Å². The molecule has 0 spiro atoms.